The number of carbonyl (C=O) groups is 1. The van der Waals surface area contributed by atoms with Gasteiger partial charge in [0.2, 0.25) is 5.91 Å². The van der Waals surface area contributed by atoms with Crippen molar-refractivity contribution in [1.29, 1.82) is 0 Å². The monoisotopic (exact) mass is 1180 g/mol. The van der Waals surface area contributed by atoms with Crippen molar-refractivity contribution in [1.82, 2.24) is 5.32 Å². The van der Waals surface area contributed by atoms with Gasteiger partial charge in [-0.3, -0.25) is 4.79 Å². The molecule has 14 nitrogen and oxygen atoms in total. The molecule has 0 radical (unpaired) electrons. The number of hydrogen-bond donors (Lipinski definition) is 9. The van der Waals surface area contributed by atoms with Gasteiger partial charge in [0.15, 0.2) is 12.6 Å². The molecule has 0 spiro atoms. The predicted molar refractivity (Wildman–Crippen MR) is 341 cm³/mol. The van der Waals surface area contributed by atoms with Crippen LogP contribution in [0.25, 0.3) is 0 Å². The second-order valence-corrected chi connectivity index (χ2v) is 22.9. The molecule has 12 unspecified atom stereocenters. The lowest BCUT2D eigenvalue weighted by Crippen LogP contribution is -2.65. The molecule has 0 aromatic carbocycles. The molecular formula is C70H119NO13. The molecule has 84 heavy (non-hydrogen) atoms. The van der Waals surface area contributed by atoms with Gasteiger partial charge in [0, 0.05) is 6.42 Å². The maximum Gasteiger partial charge on any atom is 0.220 e. The number of ether oxygens (including phenoxy) is 4. The van der Waals surface area contributed by atoms with Gasteiger partial charge in [0.05, 0.1) is 32.0 Å². The van der Waals surface area contributed by atoms with Crippen molar-refractivity contribution in [3.05, 3.63) is 109 Å². The highest BCUT2D eigenvalue weighted by Gasteiger charge is 2.51. The Kier molecular flexibility index (Phi) is 49.2. The van der Waals surface area contributed by atoms with Crippen LogP contribution < -0.4 is 5.32 Å². The smallest absolute Gasteiger partial charge is 0.220 e. The van der Waals surface area contributed by atoms with Gasteiger partial charge in [-0.2, -0.15) is 0 Å². The number of hydrogen-bond acceptors (Lipinski definition) is 13. The summed E-state index contributed by atoms with van der Waals surface area (Å²) in [7, 11) is 0. The highest BCUT2D eigenvalue weighted by molar-refractivity contribution is 5.76. The van der Waals surface area contributed by atoms with Crippen molar-refractivity contribution in [2.75, 3.05) is 19.8 Å². The molecule has 14 heteroatoms. The lowest BCUT2D eigenvalue weighted by molar-refractivity contribution is -0.359. The van der Waals surface area contributed by atoms with Crippen LogP contribution in [0, 0.1) is 0 Å². The van der Waals surface area contributed by atoms with Crippen LogP contribution in [-0.4, -0.2) is 140 Å². The van der Waals surface area contributed by atoms with Crippen molar-refractivity contribution >= 4 is 5.91 Å². The van der Waals surface area contributed by atoms with E-state index in [0.29, 0.717) is 12.8 Å². The molecule has 2 rings (SSSR count). The van der Waals surface area contributed by atoms with Gasteiger partial charge in [0.25, 0.3) is 0 Å². The van der Waals surface area contributed by atoms with E-state index in [-0.39, 0.29) is 18.9 Å². The first-order chi connectivity index (χ1) is 41.1. The molecule has 0 aromatic heterocycles. The fourth-order valence-electron chi connectivity index (χ4n) is 10.2. The third-order valence-electron chi connectivity index (χ3n) is 15.4. The third-order valence-corrected chi connectivity index (χ3v) is 15.4. The highest BCUT2D eigenvalue weighted by Crippen LogP contribution is 2.30. The van der Waals surface area contributed by atoms with Crippen LogP contribution in [0.15, 0.2) is 109 Å². The van der Waals surface area contributed by atoms with Gasteiger partial charge in [-0.15, -0.1) is 0 Å². The Balaban J connectivity index is 1.53. The Hall–Kier alpha value is -3.35. The average molecular weight is 1180 g/mol. The molecule has 2 aliphatic rings. The summed E-state index contributed by atoms with van der Waals surface area (Å²) in [5, 5.41) is 86.8. The van der Waals surface area contributed by atoms with Crippen LogP contribution in [0.2, 0.25) is 0 Å². The Labute approximate surface area is 508 Å². The van der Waals surface area contributed by atoms with Crippen LogP contribution in [-0.2, 0) is 23.7 Å². The quantitative estimate of drug-likeness (QED) is 0.0204. The van der Waals surface area contributed by atoms with Gasteiger partial charge < -0.3 is 65.1 Å². The summed E-state index contributed by atoms with van der Waals surface area (Å²) in [6, 6.07) is -0.933. The minimum absolute atomic E-state index is 0.253. The van der Waals surface area contributed by atoms with Gasteiger partial charge in [0.1, 0.15) is 48.8 Å². The first-order valence-corrected chi connectivity index (χ1v) is 33.1. The molecule has 2 aliphatic heterocycles. The summed E-state index contributed by atoms with van der Waals surface area (Å²) >= 11 is 0. The van der Waals surface area contributed by atoms with E-state index >= 15 is 0 Å². The van der Waals surface area contributed by atoms with Crippen molar-refractivity contribution in [2.45, 2.75) is 306 Å². The van der Waals surface area contributed by atoms with E-state index in [0.717, 1.165) is 83.5 Å². The summed E-state index contributed by atoms with van der Waals surface area (Å²) in [6.07, 6.45) is 60.5. The second kappa shape index (κ2) is 53.9. The summed E-state index contributed by atoms with van der Waals surface area (Å²) in [4.78, 5) is 13.2. The van der Waals surface area contributed by atoms with Crippen LogP contribution in [0.5, 0.6) is 0 Å². The Bertz CT molecular complexity index is 1820. The van der Waals surface area contributed by atoms with E-state index in [1.807, 2.05) is 6.08 Å². The molecule has 0 saturated carbocycles. The minimum atomic E-state index is -1.79. The maximum absolute atomic E-state index is 13.2. The Morgan fingerprint density at radius 2 is 0.833 bits per heavy atom. The normalized spacial score (nSPS) is 24.4. The van der Waals surface area contributed by atoms with Crippen LogP contribution in [0.4, 0.5) is 0 Å². The molecular weight excluding hydrogens is 1060 g/mol. The molecule has 12 atom stereocenters. The average Bonchev–Trinajstić information content (AvgIpc) is 2.28. The zero-order valence-corrected chi connectivity index (χ0v) is 52.1. The Morgan fingerprint density at radius 3 is 1.31 bits per heavy atom. The Morgan fingerprint density at radius 1 is 0.440 bits per heavy atom. The molecule has 2 heterocycles. The first-order valence-electron chi connectivity index (χ1n) is 33.1. The molecule has 0 aliphatic carbocycles. The zero-order chi connectivity index (χ0) is 60.9. The lowest BCUT2D eigenvalue weighted by atomic mass is 9.97. The number of aliphatic hydroxyl groups is 8. The summed E-state index contributed by atoms with van der Waals surface area (Å²) in [5.41, 5.74) is 0. The zero-order valence-electron chi connectivity index (χ0n) is 52.1. The second-order valence-electron chi connectivity index (χ2n) is 22.9. The third kappa shape index (κ3) is 38.0. The van der Waals surface area contributed by atoms with Crippen molar-refractivity contribution < 1.29 is 64.6 Å². The van der Waals surface area contributed by atoms with E-state index < -0.39 is 86.8 Å². The largest absolute Gasteiger partial charge is 0.394 e. The molecule has 1 amide bonds. The highest BCUT2D eigenvalue weighted by atomic mass is 16.7. The summed E-state index contributed by atoms with van der Waals surface area (Å²) in [6.45, 7) is 2.59. The molecule has 9 N–H and O–H groups in total. The van der Waals surface area contributed by atoms with E-state index in [9.17, 15) is 45.6 Å². The number of rotatable bonds is 52. The van der Waals surface area contributed by atoms with Gasteiger partial charge >= 0.3 is 0 Å². The van der Waals surface area contributed by atoms with E-state index in [2.05, 4.69) is 116 Å². The van der Waals surface area contributed by atoms with E-state index in [1.165, 1.54) is 116 Å². The van der Waals surface area contributed by atoms with Crippen molar-refractivity contribution in [2.24, 2.45) is 0 Å². The molecule has 0 bridgehead atoms. The number of amides is 1. The van der Waals surface area contributed by atoms with Gasteiger partial charge in [-0.25, -0.2) is 0 Å². The van der Waals surface area contributed by atoms with Crippen LogP contribution >= 0.6 is 0 Å². The molecule has 2 saturated heterocycles. The maximum atomic E-state index is 13.2. The number of aliphatic hydroxyl groups excluding tert-OH is 8. The van der Waals surface area contributed by atoms with E-state index in [4.69, 9.17) is 18.9 Å². The van der Waals surface area contributed by atoms with Crippen molar-refractivity contribution in [3.63, 3.8) is 0 Å². The fourth-order valence-corrected chi connectivity index (χ4v) is 10.2. The number of carbonyl (C=O) groups excluding carboxylic acids is 1. The van der Waals surface area contributed by atoms with E-state index in [1.54, 1.807) is 6.08 Å². The summed E-state index contributed by atoms with van der Waals surface area (Å²) < 4.78 is 22.7. The van der Waals surface area contributed by atoms with Crippen LogP contribution in [0.3, 0.4) is 0 Å². The SMILES string of the molecule is CC/C=C\C/C=C\C/C=C\C/C=C\C/C=C\C/C=C\C/C=C\CCCCCCCCCCCCCCCCCCCCCC(=O)NC(COC1OC(CO)C(OC2OC(CO)C(O)C(O)C2O)C(O)C1O)C(O)/C=C/CC/C=C/CCCCC. The first kappa shape index (κ1) is 76.7. The number of unbranched alkanes of at least 4 members (excludes halogenated alkanes) is 23. The summed E-state index contributed by atoms with van der Waals surface area (Å²) in [5.74, 6) is -0.253. The molecule has 0 aromatic rings. The topological polar surface area (TPSA) is 228 Å². The van der Waals surface area contributed by atoms with Crippen LogP contribution in [0.1, 0.15) is 232 Å². The van der Waals surface area contributed by atoms with Gasteiger partial charge in [-0.1, -0.05) is 245 Å². The minimum Gasteiger partial charge on any atom is -0.394 e. The number of nitrogens with one attached hydrogen (secondary N) is 1. The lowest BCUT2D eigenvalue weighted by Gasteiger charge is -2.46. The predicted octanol–water partition coefficient (Wildman–Crippen LogP) is 12.8. The standard InChI is InChI=1S/C70H119NO13/c1-3-5-7-9-11-13-14-15-16-17-18-19-20-21-22-23-24-25-26-27-28-29-30-31-32-33-34-35-36-37-38-39-40-41-42-43-44-46-48-50-52-54-62(75)71-58(59(74)53-51-49-47-45-12-10-8-6-4-2)57-81-69-67(80)65(78)68(61(56-73)83-69)84-70-66(79)64(77)63(76)60(55-72)82-70/h5,7,11-13,15-16,18-19,21-22,24-25,27-28,45,51,53,58-61,63-70,72-74,76-80H,3-4,6,8-10,14,17,20,23,26,29-44,46-50,52,54-57H2,1-2H3,(H,71,75)/b7-5-,13-11-,16-15-,19-18-,22-21-,25-24-,28-27-,45-12+,53-51+. The van der Waals surface area contributed by atoms with Crippen molar-refractivity contribution in [3.8, 4) is 0 Å². The fraction of sp³-hybridized carbons (Fsp3) is 0.729. The van der Waals surface area contributed by atoms with Gasteiger partial charge in [-0.05, 0) is 89.9 Å². The molecule has 2 fully saturated rings. The molecule has 482 valence electrons. The number of allylic oxidation sites excluding steroid dienone is 17.